The Labute approximate surface area is 125 Å². The van der Waals surface area contributed by atoms with E-state index in [4.69, 9.17) is 38.8 Å². The van der Waals surface area contributed by atoms with Crippen LogP contribution in [0.15, 0.2) is 18.2 Å². The molecule has 0 aliphatic rings. The highest BCUT2D eigenvalue weighted by Crippen LogP contribution is 2.24. The summed E-state index contributed by atoms with van der Waals surface area (Å²) in [6.07, 6.45) is -1.73. The van der Waals surface area contributed by atoms with Crippen molar-refractivity contribution >= 4 is 35.1 Å². The smallest absolute Gasteiger partial charge is 0.341 e. The second-order valence-electron chi connectivity index (χ2n) is 4.02. The first-order chi connectivity index (χ1) is 9.32. The second kappa shape index (κ2) is 7.44. The Hall–Kier alpha value is -1.34. The van der Waals surface area contributed by atoms with Gasteiger partial charge in [0.05, 0.1) is 22.0 Å². The predicted molar refractivity (Wildman–Crippen MR) is 73.0 cm³/mol. The van der Waals surface area contributed by atoms with Gasteiger partial charge >= 0.3 is 11.9 Å². The highest BCUT2D eigenvalue weighted by atomic mass is 35.5. The Balaban J connectivity index is 2.61. The van der Waals surface area contributed by atoms with E-state index in [0.29, 0.717) is 0 Å². The van der Waals surface area contributed by atoms with Crippen LogP contribution in [0.1, 0.15) is 16.8 Å². The minimum absolute atomic E-state index is 0.0187. The number of benzene rings is 1. The lowest BCUT2D eigenvalue weighted by Crippen LogP contribution is -2.40. The molecule has 4 N–H and O–H groups in total. The summed E-state index contributed by atoms with van der Waals surface area (Å²) in [5.74, 6) is -1.97. The Bertz CT molecular complexity index is 488. The van der Waals surface area contributed by atoms with E-state index in [1.807, 2.05) is 0 Å². The molecule has 0 radical (unpaired) electrons. The molecule has 0 amide bonds. The number of aliphatic carboxylic acids is 1. The summed E-state index contributed by atoms with van der Waals surface area (Å²) < 4.78 is 4.82. The number of ether oxygens (including phenoxy) is 1. The van der Waals surface area contributed by atoms with E-state index in [2.05, 4.69) is 0 Å². The van der Waals surface area contributed by atoms with Crippen molar-refractivity contribution in [3.8, 4) is 0 Å². The summed E-state index contributed by atoms with van der Waals surface area (Å²) in [5, 5.41) is 18.3. The topological polar surface area (TPSA) is 110 Å². The third kappa shape index (κ3) is 4.64. The van der Waals surface area contributed by atoms with Crippen LogP contribution in [0.2, 0.25) is 10.0 Å². The molecule has 1 rings (SSSR count). The molecule has 110 valence electrons. The molecule has 0 saturated heterocycles. The zero-order chi connectivity index (χ0) is 15.3. The molecule has 1 aromatic rings. The summed E-state index contributed by atoms with van der Waals surface area (Å²) in [7, 11) is 0. The number of aliphatic hydroxyl groups excluding tert-OH is 1. The number of carbonyl (C=O) groups excluding carboxylic acids is 1. The van der Waals surface area contributed by atoms with E-state index < -0.39 is 37.1 Å². The molecule has 0 bridgehead atoms. The Kier molecular flexibility index (Phi) is 6.22. The van der Waals surface area contributed by atoms with Gasteiger partial charge in [-0.15, -0.1) is 0 Å². The zero-order valence-corrected chi connectivity index (χ0v) is 11.8. The average Bonchev–Trinajstić information content (AvgIpc) is 2.34. The lowest BCUT2D eigenvalue weighted by atomic mass is 10.1. The molecule has 8 heteroatoms. The summed E-state index contributed by atoms with van der Waals surface area (Å²) in [6, 6.07) is 3.47. The summed E-state index contributed by atoms with van der Waals surface area (Å²) in [4.78, 5) is 22.2. The molecule has 0 aromatic heterocycles. The van der Waals surface area contributed by atoms with E-state index in [9.17, 15) is 14.7 Å². The van der Waals surface area contributed by atoms with Gasteiger partial charge in [0.1, 0.15) is 12.7 Å². The number of carbonyl (C=O) groups is 2. The van der Waals surface area contributed by atoms with Crippen molar-refractivity contribution < 1.29 is 24.5 Å². The van der Waals surface area contributed by atoms with Crippen molar-refractivity contribution in [2.75, 3.05) is 6.61 Å². The number of nitrogens with two attached hydrogens (primary N) is 1. The van der Waals surface area contributed by atoms with Crippen LogP contribution in [0.5, 0.6) is 0 Å². The lowest BCUT2D eigenvalue weighted by Gasteiger charge is -2.17. The minimum Gasteiger partial charge on any atom is -0.481 e. The SMILES string of the molecule is N[C@@H](CC(=O)O)C(O)COC(=O)c1c(Cl)cccc1Cl. The fourth-order valence-electron chi connectivity index (χ4n) is 1.39. The van der Waals surface area contributed by atoms with Crippen molar-refractivity contribution in [2.45, 2.75) is 18.6 Å². The molecule has 20 heavy (non-hydrogen) atoms. The first kappa shape index (κ1) is 16.7. The normalized spacial score (nSPS) is 13.6. The van der Waals surface area contributed by atoms with Crippen molar-refractivity contribution in [3.63, 3.8) is 0 Å². The fraction of sp³-hybridized carbons (Fsp3) is 0.333. The molecular formula is C12H13Cl2NO5. The number of hydrogen-bond donors (Lipinski definition) is 3. The molecule has 0 heterocycles. The number of halogens is 2. The number of hydrogen-bond acceptors (Lipinski definition) is 5. The van der Waals surface area contributed by atoms with Gasteiger partial charge in [0, 0.05) is 6.04 Å². The van der Waals surface area contributed by atoms with E-state index in [1.54, 1.807) is 6.07 Å². The fourth-order valence-corrected chi connectivity index (χ4v) is 1.94. The molecular weight excluding hydrogens is 309 g/mol. The number of esters is 1. The standard InChI is InChI=1S/C12H13Cl2NO5/c13-6-2-1-3-7(14)11(6)12(19)20-5-9(16)8(15)4-10(17)18/h1-3,8-9,16H,4-5,15H2,(H,17,18)/t8-,9?/m0/s1. The molecule has 0 aliphatic carbocycles. The lowest BCUT2D eigenvalue weighted by molar-refractivity contribution is -0.138. The predicted octanol–water partition coefficient (Wildman–Crippen LogP) is 1.31. The van der Waals surface area contributed by atoms with Crippen molar-refractivity contribution in [3.05, 3.63) is 33.8 Å². The van der Waals surface area contributed by atoms with Crippen LogP contribution in [0.3, 0.4) is 0 Å². The van der Waals surface area contributed by atoms with Crippen LogP contribution in [0, 0.1) is 0 Å². The van der Waals surface area contributed by atoms with E-state index in [-0.39, 0.29) is 15.6 Å². The van der Waals surface area contributed by atoms with Crippen LogP contribution in [-0.2, 0) is 9.53 Å². The number of aliphatic hydroxyl groups is 1. The summed E-state index contributed by atoms with van der Waals surface area (Å²) in [5.41, 5.74) is 5.41. The summed E-state index contributed by atoms with van der Waals surface area (Å²) >= 11 is 11.6. The van der Waals surface area contributed by atoms with Crippen LogP contribution < -0.4 is 5.73 Å². The van der Waals surface area contributed by atoms with Gasteiger partial charge in [0.2, 0.25) is 0 Å². The van der Waals surface area contributed by atoms with Crippen LogP contribution >= 0.6 is 23.2 Å². The van der Waals surface area contributed by atoms with Crippen LogP contribution in [0.4, 0.5) is 0 Å². The largest absolute Gasteiger partial charge is 0.481 e. The molecule has 0 spiro atoms. The molecule has 0 aliphatic heterocycles. The molecule has 0 fully saturated rings. The van der Waals surface area contributed by atoms with Gasteiger partial charge < -0.3 is 20.7 Å². The molecule has 6 nitrogen and oxygen atoms in total. The molecule has 0 saturated carbocycles. The third-order valence-corrected chi connectivity index (χ3v) is 3.09. The van der Waals surface area contributed by atoms with Gasteiger partial charge in [-0.25, -0.2) is 4.79 Å². The Morgan fingerprint density at radius 3 is 2.35 bits per heavy atom. The van der Waals surface area contributed by atoms with Crippen LogP contribution in [0.25, 0.3) is 0 Å². The first-order valence-corrected chi connectivity index (χ1v) is 6.35. The van der Waals surface area contributed by atoms with Gasteiger partial charge in [-0.3, -0.25) is 4.79 Å². The highest BCUT2D eigenvalue weighted by molar-refractivity contribution is 6.39. The van der Waals surface area contributed by atoms with Crippen molar-refractivity contribution in [1.82, 2.24) is 0 Å². The van der Waals surface area contributed by atoms with Crippen molar-refractivity contribution in [2.24, 2.45) is 5.73 Å². The highest BCUT2D eigenvalue weighted by Gasteiger charge is 2.22. The molecule has 2 atom stereocenters. The van der Waals surface area contributed by atoms with Gasteiger partial charge in [0.15, 0.2) is 0 Å². The minimum atomic E-state index is -1.30. The number of carboxylic acid groups (broad SMARTS) is 1. The van der Waals surface area contributed by atoms with E-state index in [0.717, 1.165) is 0 Å². The van der Waals surface area contributed by atoms with Gasteiger partial charge in [0.25, 0.3) is 0 Å². The van der Waals surface area contributed by atoms with Gasteiger partial charge in [-0.2, -0.15) is 0 Å². The third-order valence-electron chi connectivity index (χ3n) is 2.46. The maximum atomic E-state index is 11.8. The van der Waals surface area contributed by atoms with E-state index >= 15 is 0 Å². The number of rotatable bonds is 6. The van der Waals surface area contributed by atoms with Gasteiger partial charge in [-0.05, 0) is 12.1 Å². The first-order valence-electron chi connectivity index (χ1n) is 5.59. The van der Waals surface area contributed by atoms with Crippen LogP contribution in [-0.4, -0.2) is 40.9 Å². The zero-order valence-electron chi connectivity index (χ0n) is 10.3. The van der Waals surface area contributed by atoms with E-state index in [1.165, 1.54) is 12.1 Å². The molecule has 1 aromatic carbocycles. The monoisotopic (exact) mass is 321 g/mol. The Morgan fingerprint density at radius 2 is 1.85 bits per heavy atom. The summed E-state index contributed by atoms with van der Waals surface area (Å²) in [6.45, 7) is -0.450. The van der Waals surface area contributed by atoms with Crippen molar-refractivity contribution in [1.29, 1.82) is 0 Å². The van der Waals surface area contributed by atoms with Gasteiger partial charge in [-0.1, -0.05) is 29.3 Å². The quantitative estimate of drug-likeness (QED) is 0.681. The maximum Gasteiger partial charge on any atom is 0.341 e. The average molecular weight is 322 g/mol. The molecule has 1 unspecified atom stereocenters. The second-order valence-corrected chi connectivity index (χ2v) is 4.84. The Morgan fingerprint density at radius 1 is 1.30 bits per heavy atom. The number of carboxylic acids is 1. The maximum absolute atomic E-state index is 11.8.